The molecule has 0 amide bonds. The van der Waals surface area contributed by atoms with Crippen LogP contribution in [0.25, 0.3) is 0 Å². The summed E-state index contributed by atoms with van der Waals surface area (Å²) in [6, 6.07) is 6.05. The van der Waals surface area contributed by atoms with Crippen LogP contribution in [-0.4, -0.2) is 39.4 Å². The smallest absolute Gasteiger partial charge is 0.315 e. The van der Waals surface area contributed by atoms with Crippen LogP contribution in [0.15, 0.2) is 30.4 Å². The number of hydrogen-bond donors (Lipinski definition) is 1. The summed E-state index contributed by atoms with van der Waals surface area (Å²) in [4.78, 5) is 12.7. The van der Waals surface area contributed by atoms with E-state index in [1.54, 1.807) is 14.2 Å². The minimum atomic E-state index is 0.0136. The van der Waals surface area contributed by atoms with Crippen LogP contribution in [0.1, 0.15) is 44.6 Å². The van der Waals surface area contributed by atoms with Crippen molar-refractivity contribution in [2.45, 2.75) is 51.6 Å². The van der Waals surface area contributed by atoms with Gasteiger partial charge in [-0.25, -0.2) is 0 Å². The summed E-state index contributed by atoms with van der Waals surface area (Å²) >= 11 is 0. The zero-order chi connectivity index (χ0) is 21.3. The zero-order valence-electron chi connectivity index (χ0n) is 18.6. The Hall–Kier alpha value is -2.01. The minimum Gasteiger partial charge on any atom is -0.493 e. The van der Waals surface area contributed by atoms with Gasteiger partial charge in [0.05, 0.1) is 27.3 Å². The SMILES string of the molecule is C=C1CCC[C@@]2(C)C[C@H]3OC(=O)[C@@H](C[NH2+]CCc4ccc(OC)c(OC)c4)[C@@H]3C[C@@H]12. The summed E-state index contributed by atoms with van der Waals surface area (Å²) in [5, 5.41) is 2.27. The van der Waals surface area contributed by atoms with Crippen molar-refractivity contribution in [3.8, 4) is 11.5 Å². The first-order valence-electron chi connectivity index (χ1n) is 11.4. The number of fused-ring (bicyclic) bond motifs is 2. The molecule has 0 aromatic heterocycles. The van der Waals surface area contributed by atoms with Crippen LogP contribution in [0.4, 0.5) is 0 Å². The molecular formula is C25H36NO4+. The third-order valence-corrected chi connectivity index (χ3v) is 7.83. The van der Waals surface area contributed by atoms with Crippen molar-refractivity contribution < 1.29 is 24.3 Å². The normalized spacial score (nSPS) is 32.9. The Bertz CT molecular complexity index is 806. The second-order valence-electron chi connectivity index (χ2n) is 9.66. The first kappa shape index (κ1) is 21.2. The molecule has 164 valence electrons. The molecular weight excluding hydrogens is 378 g/mol. The molecule has 0 spiro atoms. The number of quaternary nitrogens is 1. The topological polar surface area (TPSA) is 61.4 Å². The molecule has 0 unspecified atom stereocenters. The van der Waals surface area contributed by atoms with E-state index in [1.807, 2.05) is 12.1 Å². The molecule has 4 rings (SSSR count). The molecule has 5 heteroatoms. The number of methoxy groups -OCH3 is 2. The number of benzene rings is 1. The van der Waals surface area contributed by atoms with Crippen LogP contribution >= 0.6 is 0 Å². The van der Waals surface area contributed by atoms with Crippen molar-refractivity contribution in [2.24, 2.45) is 23.2 Å². The van der Waals surface area contributed by atoms with Gasteiger partial charge < -0.3 is 19.5 Å². The van der Waals surface area contributed by atoms with Crippen molar-refractivity contribution in [3.05, 3.63) is 35.9 Å². The lowest BCUT2D eigenvalue weighted by molar-refractivity contribution is -0.658. The van der Waals surface area contributed by atoms with E-state index in [-0.39, 0.29) is 23.4 Å². The standard InChI is InChI=1S/C25H35NO4/c1-16-6-5-10-25(2)14-23-18(13-20(16)25)19(24(27)30-23)15-26-11-9-17-7-8-21(28-3)22(12-17)29-4/h7-8,12,18-20,23,26H,1,5-6,9-11,13-15H2,2-4H3/p+1/t18-,19-,20-,23+,25-/m0/s1. The molecule has 3 aliphatic rings. The quantitative estimate of drug-likeness (QED) is 0.423. The molecule has 5 nitrogen and oxygen atoms in total. The van der Waals surface area contributed by atoms with E-state index in [9.17, 15) is 4.79 Å². The first-order valence-corrected chi connectivity index (χ1v) is 11.4. The van der Waals surface area contributed by atoms with Crippen LogP contribution in [0.5, 0.6) is 11.5 Å². The lowest BCUT2D eigenvalue weighted by atomic mass is 9.55. The number of rotatable bonds is 7. The molecule has 1 aromatic carbocycles. The lowest BCUT2D eigenvalue weighted by Gasteiger charge is -2.49. The molecule has 1 saturated heterocycles. The van der Waals surface area contributed by atoms with Crippen molar-refractivity contribution in [2.75, 3.05) is 27.3 Å². The van der Waals surface area contributed by atoms with Gasteiger partial charge in [0.15, 0.2) is 11.5 Å². The van der Waals surface area contributed by atoms with Gasteiger partial charge >= 0.3 is 5.97 Å². The Kier molecular flexibility index (Phi) is 6.10. The Morgan fingerprint density at radius 1 is 1.27 bits per heavy atom. The highest BCUT2D eigenvalue weighted by atomic mass is 16.6. The molecule has 5 atom stereocenters. The van der Waals surface area contributed by atoms with E-state index < -0.39 is 0 Å². The molecule has 1 aliphatic heterocycles. The third kappa shape index (κ3) is 3.96. The maximum Gasteiger partial charge on any atom is 0.315 e. The van der Waals surface area contributed by atoms with E-state index in [2.05, 4.69) is 24.9 Å². The van der Waals surface area contributed by atoms with Crippen LogP contribution in [0.2, 0.25) is 0 Å². The van der Waals surface area contributed by atoms with Gasteiger partial charge in [-0.1, -0.05) is 25.1 Å². The summed E-state index contributed by atoms with van der Waals surface area (Å²) in [5.74, 6) is 2.44. The van der Waals surface area contributed by atoms with E-state index in [0.29, 0.717) is 11.8 Å². The average molecular weight is 415 g/mol. The van der Waals surface area contributed by atoms with Crippen molar-refractivity contribution in [1.29, 1.82) is 0 Å². The van der Waals surface area contributed by atoms with Gasteiger partial charge in [0, 0.05) is 12.3 Å². The predicted molar refractivity (Wildman–Crippen MR) is 116 cm³/mol. The van der Waals surface area contributed by atoms with Gasteiger partial charge in [-0.2, -0.15) is 0 Å². The summed E-state index contributed by atoms with van der Waals surface area (Å²) in [7, 11) is 3.31. The highest BCUT2D eigenvalue weighted by molar-refractivity contribution is 5.75. The van der Waals surface area contributed by atoms with E-state index in [1.165, 1.54) is 24.0 Å². The van der Waals surface area contributed by atoms with Gasteiger partial charge in [-0.3, -0.25) is 4.79 Å². The van der Waals surface area contributed by atoms with Gasteiger partial charge in [0.2, 0.25) is 0 Å². The number of hydrogen-bond acceptors (Lipinski definition) is 4. The molecule has 3 fully saturated rings. The van der Waals surface area contributed by atoms with E-state index in [0.717, 1.165) is 50.3 Å². The predicted octanol–water partition coefficient (Wildman–Crippen LogP) is 3.12. The number of carbonyl (C=O) groups is 1. The largest absolute Gasteiger partial charge is 0.493 e. The summed E-state index contributed by atoms with van der Waals surface area (Å²) in [5.41, 5.74) is 2.88. The average Bonchev–Trinajstić information content (AvgIpc) is 3.03. The second kappa shape index (κ2) is 8.62. The maximum absolute atomic E-state index is 12.7. The highest BCUT2D eigenvalue weighted by Gasteiger charge is 2.55. The minimum absolute atomic E-state index is 0.0136. The van der Waals surface area contributed by atoms with Crippen LogP contribution in [0.3, 0.4) is 0 Å². The summed E-state index contributed by atoms with van der Waals surface area (Å²) in [6.45, 7) is 8.51. The van der Waals surface area contributed by atoms with E-state index in [4.69, 9.17) is 14.2 Å². The van der Waals surface area contributed by atoms with Gasteiger partial charge in [-0.15, -0.1) is 0 Å². The fraction of sp³-hybridized carbons (Fsp3) is 0.640. The Labute approximate surface area is 180 Å². The molecule has 0 bridgehead atoms. The highest BCUT2D eigenvalue weighted by Crippen LogP contribution is 2.56. The van der Waals surface area contributed by atoms with Crippen LogP contribution in [0, 0.1) is 23.2 Å². The molecule has 1 heterocycles. The number of allylic oxidation sites excluding steroid dienone is 1. The number of carbonyl (C=O) groups excluding carboxylic acids is 1. The van der Waals surface area contributed by atoms with Crippen molar-refractivity contribution >= 4 is 5.97 Å². The monoisotopic (exact) mass is 414 g/mol. The number of esters is 1. The van der Waals surface area contributed by atoms with E-state index >= 15 is 0 Å². The molecule has 0 radical (unpaired) electrons. The molecule has 30 heavy (non-hydrogen) atoms. The molecule has 2 aliphatic carbocycles. The van der Waals surface area contributed by atoms with Gasteiger partial charge in [-0.05, 0) is 61.1 Å². The second-order valence-corrected chi connectivity index (χ2v) is 9.66. The van der Waals surface area contributed by atoms with Crippen LogP contribution in [-0.2, 0) is 16.0 Å². The fourth-order valence-corrected chi connectivity index (χ4v) is 6.13. The van der Waals surface area contributed by atoms with Gasteiger partial charge in [0.25, 0.3) is 0 Å². The molecule has 1 aromatic rings. The maximum atomic E-state index is 12.7. The zero-order valence-corrected chi connectivity index (χ0v) is 18.6. The van der Waals surface area contributed by atoms with Crippen molar-refractivity contribution in [3.63, 3.8) is 0 Å². The van der Waals surface area contributed by atoms with Crippen LogP contribution < -0.4 is 14.8 Å². The van der Waals surface area contributed by atoms with Gasteiger partial charge in [0.1, 0.15) is 12.0 Å². The summed E-state index contributed by atoms with van der Waals surface area (Å²) in [6.07, 6.45) is 6.72. The molecule has 2 saturated carbocycles. The lowest BCUT2D eigenvalue weighted by Crippen LogP contribution is -2.86. The third-order valence-electron chi connectivity index (χ3n) is 7.83. The first-order chi connectivity index (χ1) is 14.4. The number of nitrogens with two attached hydrogens (primary N) is 1. The Morgan fingerprint density at radius 3 is 2.83 bits per heavy atom. The Balaban J connectivity index is 1.33. The Morgan fingerprint density at radius 2 is 2.07 bits per heavy atom. The molecule has 2 N–H and O–H groups in total. The summed E-state index contributed by atoms with van der Waals surface area (Å²) < 4.78 is 16.6. The fourth-order valence-electron chi connectivity index (χ4n) is 6.13. The van der Waals surface area contributed by atoms with Crippen molar-refractivity contribution in [1.82, 2.24) is 0 Å². The number of ether oxygens (including phenoxy) is 3.